The molecule has 0 aromatic heterocycles. The van der Waals surface area contributed by atoms with E-state index >= 15 is 0 Å². The number of anilines is 2. The van der Waals surface area contributed by atoms with E-state index < -0.39 is 68.1 Å². The monoisotopic (exact) mass is 736 g/mol. The van der Waals surface area contributed by atoms with Gasteiger partial charge in [-0.05, 0) is 75.3 Å². The van der Waals surface area contributed by atoms with Crippen LogP contribution in [-0.2, 0) is 42.2 Å². The van der Waals surface area contributed by atoms with Gasteiger partial charge in [-0.1, -0.05) is 43.2 Å². The first-order chi connectivity index (χ1) is 24.8. The maximum atomic E-state index is 14.5. The van der Waals surface area contributed by atoms with Gasteiger partial charge in [-0.2, -0.15) is 0 Å². The predicted molar refractivity (Wildman–Crippen MR) is 190 cm³/mol. The Morgan fingerprint density at radius 1 is 1.08 bits per heavy atom. The van der Waals surface area contributed by atoms with Gasteiger partial charge in [0.15, 0.2) is 0 Å². The molecule has 13 nitrogen and oxygen atoms in total. The molecule has 2 aliphatic carbocycles. The Balaban J connectivity index is 1.15. The van der Waals surface area contributed by atoms with Gasteiger partial charge in [0.1, 0.15) is 29.5 Å². The van der Waals surface area contributed by atoms with Crippen LogP contribution in [0.2, 0.25) is 0 Å². The summed E-state index contributed by atoms with van der Waals surface area (Å²) in [6, 6.07) is 9.79. The molecule has 5 N–H and O–H groups in total. The first kappa shape index (κ1) is 35.7. The van der Waals surface area contributed by atoms with E-state index in [2.05, 4.69) is 15.4 Å². The van der Waals surface area contributed by atoms with Crippen molar-refractivity contribution in [2.75, 3.05) is 17.6 Å². The second-order valence-corrected chi connectivity index (χ2v) is 17.2. The number of nitrogens with zero attached hydrogens (tertiary/aromatic N) is 2. The zero-order valence-corrected chi connectivity index (χ0v) is 29.9. The van der Waals surface area contributed by atoms with Crippen molar-refractivity contribution in [2.45, 2.75) is 106 Å². The molecule has 15 heteroatoms. The van der Waals surface area contributed by atoms with Crippen LogP contribution in [0.1, 0.15) is 75.8 Å². The SMILES string of the molecule is CC1(S(=O)(=O)NC(=O)[C@@]23C[C@H]2/C=C\CCCCC[C@H](Nc2cccc(N)c2)C(=O)N2C[C@H](OC(=O)N4Cc5cccc(F)c5C4)C[C@H]2C(=O)N3)CC1. The summed E-state index contributed by atoms with van der Waals surface area (Å²) >= 11 is 0. The van der Waals surface area contributed by atoms with Crippen molar-refractivity contribution in [3.05, 3.63) is 71.6 Å². The highest BCUT2D eigenvalue weighted by Gasteiger charge is 2.63. The van der Waals surface area contributed by atoms with E-state index in [4.69, 9.17) is 10.5 Å². The molecule has 5 atom stereocenters. The Morgan fingerprint density at radius 2 is 1.87 bits per heavy atom. The zero-order chi connectivity index (χ0) is 36.8. The molecule has 2 aromatic rings. The fourth-order valence-electron chi connectivity index (χ4n) is 7.50. The number of benzene rings is 2. The molecule has 0 unspecified atom stereocenters. The van der Waals surface area contributed by atoms with Crippen LogP contribution >= 0.6 is 0 Å². The van der Waals surface area contributed by atoms with Gasteiger partial charge in [-0.25, -0.2) is 17.6 Å². The van der Waals surface area contributed by atoms with E-state index in [1.54, 1.807) is 43.3 Å². The van der Waals surface area contributed by atoms with Crippen LogP contribution in [0, 0.1) is 11.7 Å². The lowest BCUT2D eigenvalue weighted by molar-refractivity contribution is -0.140. The van der Waals surface area contributed by atoms with Crippen molar-refractivity contribution in [3.8, 4) is 0 Å². The minimum atomic E-state index is -3.99. The number of nitrogens with two attached hydrogens (primary N) is 1. The van der Waals surface area contributed by atoms with Gasteiger partial charge in [0, 0.05) is 35.8 Å². The van der Waals surface area contributed by atoms with Gasteiger partial charge in [0.2, 0.25) is 21.8 Å². The highest BCUT2D eigenvalue weighted by molar-refractivity contribution is 7.91. The molecule has 5 aliphatic rings. The summed E-state index contributed by atoms with van der Waals surface area (Å²) in [5.74, 6) is -2.71. The summed E-state index contributed by atoms with van der Waals surface area (Å²) in [6.07, 6.45) is 6.75. The molecule has 4 amide bonds. The molecule has 0 radical (unpaired) electrons. The number of fused-ring (bicyclic) bond motifs is 3. The van der Waals surface area contributed by atoms with Crippen molar-refractivity contribution in [1.82, 2.24) is 19.8 Å². The molecule has 3 heterocycles. The number of ether oxygens (including phenoxy) is 1. The second-order valence-electron chi connectivity index (χ2n) is 15.0. The van der Waals surface area contributed by atoms with Gasteiger partial charge in [-0.3, -0.25) is 24.0 Å². The molecular formula is C37H45FN6O7S. The quantitative estimate of drug-likeness (QED) is 0.254. The lowest BCUT2D eigenvalue weighted by Crippen LogP contribution is -2.58. The van der Waals surface area contributed by atoms with Crippen LogP contribution in [0.25, 0.3) is 0 Å². The van der Waals surface area contributed by atoms with Crippen molar-refractivity contribution in [2.24, 2.45) is 5.92 Å². The Labute approximate surface area is 302 Å². The summed E-state index contributed by atoms with van der Waals surface area (Å²) in [5, 5.41) is 6.15. The normalized spacial score (nSPS) is 29.0. The van der Waals surface area contributed by atoms with E-state index in [0.29, 0.717) is 48.2 Å². The van der Waals surface area contributed by atoms with Crippen molar-refractivity contribution >= 4 is 45.2 Å². The van der Waals surface area contributed by atoms with E-state index in [1.165, 1.54) is 15.9 Å². The predicted octanol–water partition coefficient (Wildman–Crippen LogP) is 3.70. The minimum absolute atomic E-state index is 0.0286. The third-order valence-electron chi connectivity index (χ3n) is 11.2. The molecule has 0 bridgehead atoms. The van der Waals surface area contributed by atoms with Crippen LogP contribution in [0.4, 0.5) is 20.6 Å². The number of carbonyl (C=O) groups excluding carboxylic acids is 4. The number of amides is 4. The fourth-order valence-corrected chi connectivity index (χ4v) is 8.82. The summed E-state index contributed by atoms with van der Waals surface area (Å²) in [7, 11) is -3.99. The molecule has 7 rings (SSSR count). The average molecular weight is 737 g/mol. The topological polar surface area (TPSA) is 180 Å². The zero-order valence-electron chi connectivity index (χ0n) is 29.1. The molecular weight excluding hydrogens is 692 g/mol. The molecule has 3 aliphatic heterocycles. The minimum Gasteiger partial charge on any atom is -0.444 e. The molecule has 0 spiro atoms. The molecule has 278 valence electrons. The number of sulfonamides is 1. The Bertz CT molecular complexity index is 1920. The largest absolute Gasteiger partial charge is 0.444 e. The van der Waals surface area contributed by atoms with Crippen molar-refractivity contribution in [3.63, 3.8) is 0 Å². The average Bonchev–Trinajstić information content (AvgIpc) is 3.89. The van der Waals surface area contributed by atoms with Gasteiger partial charge >= 0.3 is 6.09 Å². The molecule has 2 saturated carbocycles. The summed E-state index contributed by atoms with van der Waals surface area (Å²) in [4.78, 5) is 58.7. The number of allylic oxidation sites excluding steroid dienone is 1. The molecule has 52 heavy (non-hydrogen) atoms. The van der Waals surface area contributed by atoms with Gasteiger partial charge < -0.3 is 26.0 Å². The first-order valence-electron chi connectivity index (χ1n) is 18.0. The summed E-state index contributed by atoms with van der Waals surface area (Å²) < 4.78 is 47.7. The van der Waals surface area contributed by atoms with E-state index in [-0.39, 0.29) is 38.4 Å². The Kier molecular flexibility index (Phi) is 9.42. The highest BCUT2D eigenvalue weighted by atomic mass is 32.2. The first-order valence-corrected chi connectivity index (χ1v) is 19.5. The highest BCUT2D eigenvalue weighted by Crippen LogP contribution is 2.47. The Morgan fingerprint density at radius 3 is 2.62 bits per heavy atom. The molecule has 1 saturated heterocycles. The number of rotatable bonds is 6. The smallest absolute Gasteiger partial charge is 0.410 e. The third-order valence-corrected chi connectivity index (χ3v) is 13.3. The fraction of sp³-hybridized carbons (Fsp3) is 0.514. The van der Waals surface area contributed by atoms with Gasteiger partial charge in [-0.15, -0.1) is 0 Å². The second kappa shape index (κ2) is 13.7. The van der Waals surface area contributed by atoms with Gasteiger partial charge in [0.05, 0.1) is 17.8 Å². The molecule has 3 fully saturated rings. The third kappa shape index (κ3) is 7.06. The van der Waals surface area contributed by atoms with E-state index in [9.17, 15) is 32.0 Å². The lowest BCUT2D eigenvalue weighted by Gasteiger charge is -2.30. The van der Waals surface area contributed by atoms with Crippen LogP contribution in [0.3, 0.4) is 0 Å². The number of halogens is 1. The number of nitrogens with one attached hydrogen (secondary N) is 3. The van der Waals surface area contributed by atoms with Crippen LogP contribution in [-0.4, -0.2) is 77.1 Å². The van der Waals surface area contributed by atoms with E-state index in [0.717, 1.165) is 19.3 Å². The number of nitrogen functional groups attached to an aromatic ring is 1. The number of hydrogen-bond donors (Lipinski definition) is 4. The maximum absolute atomic E-state index is 14.5. The molecule has 2 aromatic carbocycles. The lowest BCUT2D eigenvalue weighted by atomic mass is 10.0. The maximum Gasteiger partial charge on any atom is 0.410 e. The van der Waals surface area contributed by atoms with E-state index in [1.807, 2.05) is 12.2 Å². The van der Waals surface area contributed by atoms with Crippen molar-refractivity contribution < 1.29 is 36.7 Å². The Hall–Kier alpha value is -4.66. The van der Waals surface area contributed by atoms with Crippen molar-refractivity contribution in [1.29, 1.82) is 0 Å². The van der Waals surface area contributed by atoms with Crippen LogP contribution in [0.5, 0.6) is 0 Å². The summed E-state index contributed by atoms with van der Waals surface area (Å²) in [5.41, 5.74) is 6.73. The standard InChI is InChI=1S/C37H45FN6O7S/c1-36(15-16-36)52(49,50)42-34(47)37-19-24(37)10-5-3-2-4-6-14-30(40-26-12-8-11-25(39)17-26)33(46)44-21-27(18-31(44)32(45)41-37)51-35(48)43-20-23-9-7-13-29(38)28(23)22-43/h5,7-13,17,24,27,30-31,40H,2-4,6,14-16,18-22,39H2,1H3,(H,41,45)(H,42,47)/b10-5-/t24-,27-,30+,31+,37-/m1/s1. The van der Waals surface area contributed by atoms with Gasteiger partial charge in [0.25, 0.3) is 5.91 Å². The number of hydrogen-bond acceptors (Lipinski definition) is 9. The summed E-state index contributed by atoms with van der Waals surface area (Å²) in [6.45, 7) is 1.67. The van der Waals surface area contributed by atoms with Crippen LogP contribution < -0.4 is 21.1 Å². The number of carbonyl (C=O) groups is 4. The van der Waals surface area contributed by atoms with Crippen LogP contribution in [0.15, 0.2) is 54.6 Å².